The zero-order valence-electron chi connectivity index (χ0n) is 12.6. The fraction of sp³-hybridized carbons (Fsp3) is 0.294. The number of nitro groups is 1. The van der Waals surface area contributed by atoms with Crippen LogP contribution < -0.4 is 5.06 Å². The first-order valence-corrected chi connectivity index (χ1v) is 7.89. The van der Waals surface area contributed by atoms with Crippen molar-refractivity contribution in [3.63, 3.8) is 0 Å². The third kappa shape index (κ3) is 3.02. The summed E-state index contributed by atoms with van der Waals surface area (Å²) in [5.74, 6) is 0. The van der Waals surface area contributed by atoms with Crippen LogP contribution in [0.3, 0.4) is 0 Å². The normalized spacial score (nSPS) is 23.9. The standard InChI is InChI=1S/C17H17ClN2O3/c1-2-15-17(20(21)22)16(12-8-10-13(18)11-9-12)19(23-15)14-6-4-3-5-7-14/h3-11,15-17H,2H2,1H3/t15-,16-,17-/m1/s1. The second-order valence-corrected chi connectivity index (χ2v) is 5.92. The summed E-state index contributed by atoms with van der Waals surface area (Å²) < 4.78 is 0. The molecule has 23 heavy (non-hydrogen) atoms. The van der Waals surface area contributed by atoms with Gasteiger partial charge in [0.2, 0.25) is 0 Å². The molecular weight excluding hydrogens is 316 g/mol. The van der Waals surface area contributed by atoms with Gasteiger partial charge in [-0.15, -0.1) is 0 Å². The summed E-state index contributed by atoms with van der Waals surface area (Å²) in [6, 6.07) is 15.3. The molecule has 1 saturated heterocycles. The Morgan fingerprint density at radius 3 is 2.39 bits per heavy atom. The minimum absolute atomic E-state index is 0.240. The van der Waals surface area contributed by atoms with Crippen LogP contribution in [0.1, 0.15) is 24.9 Å². The number of halogens is 1. The van der Waals surface area contributed by atoms with Gasteiger partial charge in [-0.25, -0.2) is 5.06 Å². The molecule has 3 atom stereocenters. The summed E-state index contributed by atoms with van der Waals surface area (Å²) in [6.45, 7) is 1.90. The van der Waals surface area contributed by atoms with Gasteiger partial charge in [-0.05, 0) is 36.2 Å². The van der Waals surface area contributed by atoms with Crippen LogP contribution in [-0.2, 0) is 4.84 Å². The zero-order valence-corrected chi connectivity index (χ0v) is 13.4. The number of nitrogens with zero attached hydrogens (tertiary/aromatic N) is 2. The molecular formula is C17H17ClN2O3. The van der Waals surface area contributed by atoms with Gasteiger partial charge in [0, 0.05) is 9.95 Å². The average Bonchev–Trinajstić information content (AvgIpc) is 2.96. The van der Waals surface area contributed by atoms with Crippen molar-refractivity contribution in [2.45, 2.75) is 31.5 Å². The lowest BCUT2D eigenvalue weighted by Gasteiger charge is -2.24. The Labute approximate surface area is 139 Å². The summed E-state index contributed by atoms with van der Waals surface area (Å²) in [5.41, 5.74) is 1.62. The first-order valence-electron chi connectivity index (χ1n) is 7.52. The van der Waals surface area contributed by atoms with Crippen LogP contribution in [0.4, 0.5) is 5.69 Å². The van der Waals surface area contributed by atoms with Gasteiger partial charge in [-0.1, -0.05) is 48.9 Å². The number of benzene rings is 2. The van der Waals surface area contributed by atoms with Crippen molar-refractivity contribution >= 4 is 17.3 Å². The minimum Gasteiger partial charge on any atom is -0.264 e. The molecule has 0 spiro atoms. The maximum atomic E-state index is 11.7. The fourth-order valence-electron chi connectivity index (χ4n) is 2.97. The Morgan fingerprint density at radius 1 is 1.17 bits per heavy atom. The van der Waals surface area contributed by atoms with Crippen LogP contribution >= 0.6 is 11.6 Å². The summed E-state index contributed by atoms with van der Waals surface area (Å²) in [5, 5.41) is 13.9. The number of hydroxylamine groups is 1. The van der Waals surface area contributed by atoms with Crippen LogP contribution in [0, 0.1) is 10.1 Å². The zero-order chi connectivity index (χ0) is 16.4. The van der Waals surface area contributed by atoms with Crippen LogP contribution in [0.15, 0.2) is 54.6 Å². The maximum absolute atomic E-state index is 11.7. The molecule has 0 bridgehead atoms. The average molecular weight is 333 g/mol. The maximum Gasteiger partial charge on any atom is 0.267 e. The Kier molecular flexibility index (Phi) is 4.50. The highest BCUT2D eigenvalue weighted by Crippen LogP contribution is 2.40. The lowest BCUT2D eigenvalue weighted by Crippen LogP contribution is -2.34. The first-order chi connectivity index (χ1) is 11.1. The highest BCUT2D eigenvalue weighted by molar-refractivity contribution is 6.30. The van der Waals surface area contributed by atoms with E-state index in [0.29, 0.717) is 11.4 Å². The van der Waals surface area contributed by atoms with Gasteiger partial charge in [-0.3, -0.25) is 15.0 Å². The molecule has 2 aromatic rings. The van der Waals surface area contributed by atoms with Crippen molar-refractivity contribution in [1.29, 1.82) is 0 Å². The van der Waals surface area contributed by atoms with Gasteiger partial charge in [0.05, 0.1) is 5.69 Å². The monoisotopic (exact) mass is 332 g/mol. The van der Waals surface area contributed by atoms with E-state index in [0.717, 1.165) is 11.3 Å². The van der Waals surface area contributed by atoms with E-state index < -0.39 is 18.2 Å². The van der Waals surface area contributed by atoms with Crippen molar-refractivity contribution in [2.24, 2.45) is 0 Å². The fourth-order valence-corrected chi connectivity index (χ4v) is 3.10. The Bertz CT molecular complexity index is 678. The van der Waals surface area contributed by atoms with E-state index in [1.54, 1.807) is 17.2 Å². The van der Waals surface area contributed by atoms with Gasteiger partial charge >= 0.3 is 0 Å². The van der Waals surface area contributed by atoms with Crippen molar-refractivity contribution in [2.75, 3.05) is 5.06 Å². The van der Waals surface area contributed by atoms with Crippen molar-refractivity contribution in [3.05, 3.63) is 75.3 Å². The third-order valence-electron chi connectivity index (χ3n) is 4.07. The summed E-state index contributed by atoms with van der Waals surface area (Å²) in [6.07, 6.45) is 0.102. The van der Waals surface area contributed by atoms with E-state index in [1.807, 2.05) is 49.4 Å². The minimum atomic E-state index is -0.832. The Morgan fingerprint density at radius 2 is 1.83 bits per heavy atom. The largest absolute Gasteiger partial charge is 0.267 e. The van der Waals surface area contributed by atoms with Crippen molar-refractivity contribution in [1.82, 2.24) is 0 Å². The third-order valence-corrected chi connectivity index (χ3v) is 4.33. The van der Waals surface area contributed by atoms with Gasteiger partial charge in [-0.2, -0.15) is 0 Å². The Hall–Kier alpha value is -2.11. The predicted molar refractivity (Wildman–Crippen MR) is 89.1 cm³/mol. The van der Waals surface area contributed by atoms with Gasteiger partial charge in [0.15, 0.2) is 12.1 Å². The highest BCUT2D eigenvalue weighted by Gasteiger charge is 2.51. The number of hydrogen-bond acceptors (Lipinski definition) is 4. The lowest BCUT2D eigenvalue weighted by atomic mass is 9.95. The molecule has 0 saturated carbocycles. The molecule has 5 nitrogen and oxygen atoms in total. The van der Waals surface area contributed by atoms with Crippen molar-refractivity contribution in [3.8, 4) is 0 Å². The topological polar surface area (TPSA) is 55.6 Å². The highest BCUT2D eigenvalue weighted by atomic mass is 35.5. The summed E-state index contributed by atoms with van der Waals surface area (Å²) in [4.78, 5) is 17.4. The second kappa shape index (κ2) is 6.56. The second-order valence-electron chi connectivity index (χ2n) is 5.49. The van der Waals surface area contributed by atoms with E-state index in [1.165, 1.54) is 0 Å². The number of hydrogen-bond donors (Lipinski definition) is 0. The SMILES string of the molecule is CC[C@H]1ON(c2ccccc2)[C@H](c2ccc(Cl)cc2)[C@@H]1[N+](=O)[O-]. The molecule has 2 aromatic carbocycles. The van der Waals surface area contributed by atoms with E-state index in [2.05, 4.69) is 0 Å². The summed E-state index contributed by atoms with van der Waals surface area (Å²) in [7, 11) is 0. The van der Waals surface area contributed by atoms with E-state index in [-0.39, 0.29) is 4.92 Å². The smallest absolute Gasteiger partial charge is 0.264 e. The number of para-hydroxylation sites is 1. The Balaban J connectivity index is 2.06. The molecule has 1 heterocycles. The van der Waals surface area contributed by atoms with E-state index in [4.69, 9.17) is 16.4 Å². The molecule has 120 valence electrons. The molecule has 1 aliphatic rings. The van der Waals surface area contributed by atoms with Crippen LogP contribution in [-0.4, -0.2) is 17.1 Å². The number of anilines is 1. The van der Waals surface area contributed by atoms with Crippen LogP contribution in [0.5, 0.6) is 0 Å². The van der Waals surface area contributed by atoms with Gasteiger partial charge in [0.25, 0.3) is 6.04 Å². The van der Waals surface area contributed by atoms with E-state index >= 15 is 0 Å². The molecule has 3 rings (SSSR count). The lowest BCUT2D eigenvalue weighted by molar-refractivity contribution is -0.529. The molecule has 1 aliphatic heterocycles. The molecule has 0 aromatic heterocycles. The van der Waals surface area contributed by atoms with E-state index in [9.17, 15) is 10.1 Å². The van der Waals surface area contributed by atoms with Crippen LogP contribution in [0.25, 0.3) is 0 Å². The molecule has 6 heteroatoms. The first kappa shape index (κ1) is 15.8. The molecule has 0 amide bonds. The molecule has 0 unspecified atom stereocenters. The van der Waals surface area contributed by atoms with Gasteiger partial charge < -0.3 is 0 Å². The predicted octanol–water partition coefficient (Wildman–Crippen LogP) is 4.26. The molecule has 0 radical (unpaired) electrons. The van der Waals surface area contributed by atoms with Crippen molar-refractivity contribution < 1.29 is 9.76 Å². The number of rotatable bonds is 4. The van der Waals surface area contributed by atoms with Gasteiger partial charge in [0.1, 0.15) is 0 Å². The molecule has 1 fully saturated rings. The summed E-state index contributed by atoms with van der Waals surface area (Å²) >= 11 is 5.95. The molecule has 0 N–H and O–H groups in total. The molecule has 0 aliphatic carbocycles. The van der Waals surface area contributed by atoms with Crippen LogP contribution in [0.2, 0.25) is 5.02 Å². The quantitative estimate of drug-likeness (QED) is 0.620.